The number of carbonyl (C=O) groups is 1. The van der Waals surface area contributed by atoms with Crippen molar-refractivity contribution in [3.8, 4) is 0 Å². The number of pyridine rings is 1. The van der Waals surface area contributed by atoms with Crippen LogP contribution in [0.4, 0.5) is 0 Å². The van der Waals surface area contributed by atoms with Crippen molar-refractivity contribution >= 4 is 15.9 Å². The zero-order chi connectivity index (χ0) is 18.4. The lowest BCUT2D eigenvalue weighted by atomic mass is 9.90. The van der Waals surface area contributed by atoms with Crippen LogP contribution in [0, 0.1) is 6.92 Å². The zero-order valence-electron chi connectivity index (χ0n) is 15.1. The second-order valence-electron chi connectivity index (χ2n) is 6.21. The molecule has 0 radical (unpaired) electrons. The van der Waals surface area contributed by atoms with E-state index >= 15 is 0 Å². The Bertz CT molecular complexity index is 698. The van der Waals surface area contributed by atoms with Gasteiger partial charge in [0.2, 0.25) is 10.0 Å². The van der Waals surface area contributed by atoms with Crippen molar-refractivity contribution in [3.63, 3.8) is 0 Å². The lowest BCUT2D eigenvalue weighted by Gasteiger charge is -2.31. The molecule has 1 aromatic heterocycles. The molecule has 8 heteroatoms. The molecule has 140 valence electrons. The van der Waals surface area contributed by atoms with Crippen LogP contribution < -0.4 is 5.32 Å². The van der Waals surface area contributed by atoms with Gasteiger partial charge in [-0.2, -0.15) is 0 Å². The first-order valence-electron chi connectivity index (χ1n) is 8.61. The van der Waals surface area contributed by atoms with Gasteiger partial charge in [0.25, 0.3) is 5.91 Å². The quantitative estimate of drug-likeness (QED) is 0.732. The van der Waals surface area contributed by atoms with E-state index in [4.69, 9.17) is 4.74 Å². The number of carbonyl (C=O) groups excluding carboxylic acids is 1. The molecule has 0 bridgehead atoms. The van der Waals surface area contributed by atoms with Gasteiger partial charge in [-0.15, -0.1) is 0 Å². The largest absolute Gasteiger partial charge is 0.383 e. The number of nitrogens with zero attached hydrogens (tertiary/aromatic N) is 2. The molecule has 0 aromatic carbocycles. The number of nitrogens with one attached hydrogen (secondary N) is 1. The molecule has 1 saturated heterocycles. The molecule has 1 amide bonds. The molecule has 0 aliphatic carbocycles. The Labute approximate surface area is 149 Å². The van der Waals surface area contributed by atoms with Gasteiger partial charge in [0.15, 0.2) is 0 Å². The third-order valence-corrected chi connectivity index (χ3v) is 6.38. The van der Waals surface area contributed by atoms with Gasteiger partial charge in [0.1, 0.15) is 0 Å². The molecule has 1 aliphatic rings. The Balaban J connectivity index is 2.14. The number of hydrogen-bond donors (Lipinski definition) is 1. The van der Waals surface area contributed by atoms with E-state index in [0.29, 0.717) is 44.6 Å². The second-order valence-corrected chi connectivity index (χ2v) is 8.47. The lowest BCUT2D eigenvalue weighted by molar-refractivity contribution is 0.0934. The topological polar surface area (TPSA) is 88.6 Å². The molecule has 1 aromatic rings. The van der Waals surface area contributed by atoms with Crippen LogP contribution in [0.25, 0.3) is 0 Å². The Morgan fingerprint density at radius 1 is 1.36 bits per heavy atom. The molecule has 1 aliphatic heterocycles. The van der Waals surface area contributed by atoms with E-state index in [1.165, 1.54) is 4.31 Å². The highest BCUT2D eigenvalue weighted by Gasteiger charge is 2.30. The summed E-state index contributed by atoms with van der Waals surface area (Å²) in [5.74, 6) is 0.0441. The van der Waals surface area contributed by atoms with Crippen LogP contribution in [-0.4, -0.2) is 62.7 Å². The first kappa shape index (κ1) is 19.8. The molecule has 2 heterocycles. The summed E-state index contributed by atoms with van der Waals surface area (Å²) in [6.07, 6.45) is 1.35. The number of aryl methyl sites for hydroxylation is 1. The number of sulfonamides is 1. The average molecular weight is 369 g/mol. The van der Waals surface area contributed by atoms with Crippen LogP contribution in [-0.2, 0) is 14.8 Å². The average Bonchev–Trinajstić information content (AvgIpc) is 2.62. The number of ether oxygens (including phenoxy) is 1. The minimum absolute atomic E-state index is 0.0892. The van der Waals surface area contributed by atoms with Gasteiger partial charge in [0, 0.05) is 38.4 Å². The summed E-state index contributed by atoms with van der Waals surface area (Å²) in [5.41, 5.74) is 2.19. The molecule has 1 N–H and O–H groups in total. The Kier molecular flexibility index (Phi) is 6.92. The maximum atomic E-state index is 12.5. The van der Waals surface area contributed by atoms with E-state index in [2.05, 4.69) is 10.3 Å². The fourth-order valence-corrected chi connectivity index (χ4v) is 4.16. The van der Waals surface area contributed by atoms with Crippen LogP contribution >= 0.6 is 0 Å². The van der Waals surface area contributed by atoms with Gasteiger partial charge in [0.05, 0.1) is 23.6 Å². The highest BCUT2D eigenvalue weighted by molar-refractivity contribution is 7.89. The van der Waals surface area contributed by atoms with Gasteiger partial charge in [-0.1, -0.05) is 0 Å². The number of piperidine rings is 1. The van der Waals surface area contributed by atoms with Crippen molar-refractivity contribution < 1.29 is 17.9 Å². The monoisotopic (exact) mass is 369 g/mol. The first-order valence-corrected chi connectivity index (χ1v) is 10.2. The summed E-state index contributed by atoms with van der Waals surface area (Å²) >= 11 is 0. The van der Waals surface area contributed by atoms with Crippen molar-refractivity contribution in [1.82, 2.24) is 14.6 Å². The Hall–Kier alpha value is -1.51. The lowest BCUT2D eigenvalue weighted by Crippen LogP contribution is -2.39. The van der Waals surface area contributed by atoms with Gasteiger partial charge in [-0.25, -0.2) is 12.7 Å². The normalized spacial score (nSPS) is 16.8. The maximum absolute atomic E-state index is 12.5. The smallest absolute Gasteiger partial charge is 0.253 e. The van der Waals surface area contributed by atoms with E-state index in [1.54, 1.807) is 20.1 Å². The number of amides is 1. The van der Waals surface area contributed by atoms with Gasteiger partial charge < -0.3 is 10.1 Å². The Morgan fingerprint density at radius 3 is 2.64 bits per heavy atom. The molecule has 25 heavy (non-hydrogen) atoms. The third kappa shape index (κ3) is 4.99. The van der Waals surface area contributed by atoms with Gasteiger partial charge >= 0.3 is 0 Å². The first-order chi connectivity index (χ1) is 11.9. The van der Waals surface area contributed by atoms with Crippen LogP contribution in [0.2, 0.25) is 0 Å². The highest BCUT2D eigenvalue weighted by atomic mass is 32.2. The number of methoxy groups -OCH3 is 1. The SMILES string of the molecule is CCS(=O)(=O)N1CCC(c2nc(C)ccc2C(=O)NCCOC)CC1. The van der Waals surface area contributed by atoms with Crippen molar-refractivity contribution in [2.45, 2.75) is 32.6 Å². The van der Waals surface area contributed by atoms with E-state index < -0.39 is 10.0 Å². The van der Waals surface area contributed by atoms with Crippen LogP contribution in [0.3, 0.4) is 0 Å². The van der Waals surface area contributed by atoms with Gasteiger partial charge in [-0.05, 0) is 38.8 Å². The maximum Gasteiger partial charge on any atom is 0.253 e. The van der Waals surface area contributed by atoms with Crippen molar-refractivity contribution in [3.05, 3.63) is 29.1 Å². The summed E-state index contributed by atoms with van der Waals surface area (Å²) in [6.45, 7) is 5.39. The minimum atomic E-state index is -3.16. The van der Waals surface area contributed by atoms with Crippen molar-refractivity contribution in [2.75, 3.05) is 39.1 Å². The second kappa shape index (κ2) is 8.73. The van der Waals surface area contributed by atoms with E-state index in [0.717, 1.165) is 11.4 Å². The van der Waals surface area contributed by atoms with E-state index in [1.807, 2.05) is 13.0 Å². The molecule has 2 rings (SSSR count). The third-order valence-electron chi connectivity index (χ3n) is 4.50. The standard InChI is InChI=1S/C17H27N3O4S/c1-4-25(22,23)20-10-7-14(8-11-20)16-15(6-5-13(2)19-16)17(21)18-9-12-24-3/h5-6,14H,4,7-12H2,1-3H3,(H,18,21). The minimum Gasteiger partial charge on any atom is -0.383 e. The summed E-state index contributed by atoms with van der Waals surface area (Å²) < 4.78 is 30.5. The molecule has 0 saturated carbocycles. The van der Waals surface area contributed by atoms with E-state index in [9.17, 15) is 13.2 Å². The molecule has 0 spiro atoms. The fraction of sp³-hybridized carbons (Fsp3) is 0.647. The highest BCUT2D eigenvalue weighted by Crippen LogP contribution is 2.30. The molecule has 0 atom stereocenters. The van der Waals surface area contributed by atoms with Crippen molar-refractivity contribution in [1.29, 1.82) is 0 Å². The van der Waals surface area contributed by atoms with Crippen LogP contribution in [0.5, 0.6) is 0 Å². The number of hydrogen-bond acceptors (Lipinski definition) is 5. The zero-order valence-corrected chi connectivity index (χ0v) is 15.9. The predicted molar refractivity (Wildman–Crippen MR) is 96.2 cm³/mol. The summed E-state index contributed by atoms with van der Waals surface area (Å²) in [4.78, 5) is 17.0. The Morgan fingerprint density at radius 2 is 2.04 bits per heavy atom. The van der Waals surface area contributed by atoms with Gasteiger partial charge in [-0.3, -0.25) is 9.78 Å². The molecule has 1 fully saturated rings. The van der Waals surface area contributed by atoms with Crippen LogP contribution in [0.1, 0.15) is 47.4 Å². The summed E-state index contributed by atoms with van der Waals surface area (Å²) in [6, 6.07) is 3.63. The fourth-order valence-electron chi connectivity index (χ4n) is 3.03. The molecule has 7 nitrogen and oxygen atoms in total. The van der Waals surface area contributed by atoms with E-state index in [-0.39, 0.29) is 17.6 Å². The molecular weight excluding hydrogens is 342 g/mol. The number of aromatic nitrogens is 1. The molecular formula is C17H27N3O4S. The van der Waals surface area contributed by atoms with Crippen molar-refractivity contribution in [2.24, 2.45) is 0 Å². The predicted octanol–water partition coefficient (Wildman–Crippen LogP) is 1.30. The number of rotatable bonds is 7. The molecule has 0 unspecified atom stereocenters. The summed E-state index contributed by atoms with van der Waals surface area (Å²) in [5, 5.41) is 2.83. The van der Waals surface area contributed by atoms with Crippen LogP contribution in [0.15, 0.2) is 12.1 Å². The summed E-state index contributed by atoms with van der Waals surface area (Å²) in [7, 11) is -1.57.